The predicted octanol–water partition coefficient (Wildman–Crippen LogP) is 2.48. The summed E-state index contributed by atoms with van der Waals surface area (Å²) >= 11 is 0. The van der Waals surface area contributed by atoms with Crippen LogP contribution in [-0.2, 0) is 0 Å². The molecule has 0 aromatic carbocycles. The summed E-state index contributed by atoms with van der Waals surface area (Å²) in [6.45, 7) is 4.78. The van der Waals surface area contributed by atoms with E-state index in [1.54, 1.807) is 12.3 Å². The maximum Gasteiger partial charge on any atom is 0.226 e. The monoisotopic (exact) mass is 221 g/mol. The van der Waals surface area contributed by atoms with Crippen molar-refractivity contribution in [3.8, 4) is 5.88 Å². The molecule has 1 aliphatic rings. The fourth-order valence-corrected chi connectivity index (χ4v) is 1.90. The van der Waals surface area contributed by atoms with Crippen LogP contribution >= 0.6 is 0 Å². The highest BCUT2D eigenvalue weighted by Gasteiger charge is 2.24. The van der Waals surface area contributed by atoms with Crippen LogP contribution in [0.4, 0.5) is 5.95 Å². The molecule has 88 valence electrons. The van der Waals surface area contributed by atoms with Gasteiger partial charge in [-0.15, -0.1) is 0 Å². The molecule has 0 aliphatic heterocycles. The highest BCUT2D eigenvalue weighted by atomic mass is 16.5. The smallest absolute Gasteiger partial charge is 0.226 e. The third kappa shape index (κ3) is 2.62. The number of anilines is 1. The Kier molecular flexibility index (Phi) is 3.59. The quantitative estimate of drug-likeness (QED) is 0.829. The van der Waals surface area contributed by atoms with E-state index in [1.807, 2.05) is 6.92 Å². The van der Waals surface area contributed by atoms with Crippen molar-refractivity contribution in [2.75, 3.05) is 11.9 Å². The van der Waals surface area contributed by atoms with E-state index in [4.69, 9.17) is 4.74 Å². The molecule has 0 bridgehead atoms. The minimum atomic E-state index is 0.450. The molecule has 1 aromatic heterocycles. The third-order valence-electron chi connectivity index (χ3n) is 3.14. The molecule has 1 aliphatic carbocycles. The van der Waals surface area contributed by atoms with E-state index < -0.39 is 0 Å². The second-order valence-electron chi connectivity index (χ2n) is 4.28. The van der Waals surface area contributed by atoms with E-state index in [-0.39, 0.29) is 0 Å². The standard InChI is InChI=1S/C12H19N3O/c1-3-16-11-7-8-13-12(15-11)14-9(2)10-5-4-6-10/h7-10H,3-6H2,1-2H3,(H,13,14,15). The number of nitrogens with one attached hydrogen (secondary N) is 1. The lowest BCUT2D eigenvalue weighted by molar-refractivity contribution is 0.284. The Morgan fingerprint density at radius 3 is 3.00 bits per heavy atom. The summed E-state index contributed by atoms with van der Waals surface area (Å²) in [4.78, 5) is 8.50. The van der Waals surface area contributed by atoms with Crippen LogP contribution in [0.25, 0.3) is 0 Å². The van der Waals surface area contributed by atoms with Gasteiger partial charge in [0.05, 0.1) is 6.61 Å². The Bertz CT molecular complexity index is 339. The second-order valence-corrected chi connectivity index (χ2v) is 4.28. The van der Waals surface area contributed by atoms with Crippen LogP contribution in [0.2, 0.25) is 0 Å². The van der Waals surface area contributed by atoms with Gasteiger partial charge in [0, 0.05) is 18.3 Å². The molecular weight excluding hydrogens is 202 g/mol. The molecule has 16 heavy (non-hydrogen) atoms. The van der Waals surface area contributed by atoms with Gasteiger partial charge in [-0.3, -0.25) is 0 Å². The zero-order chi connectivity index (χ0) is 11.4. The first-order chi connectivity index (χ1) is 7.79. The molecule has 1 heterocycles. The van der Waals surface area contributed by atoms with E-state index >= 15 is 0 Å². The van der Waals surface area contributed by atoms with Gasteiger partial charge in [-0.25, -0.2) is 4.98 Å². The maximum atomic E-state index is 5.34. The SMILES string of the molecule is CCOc1ccnc(NC(C)C2CCC2)n1. The lowest BCUT2D eigenvalue weighted by Gasteiger charge is -2.31. The molecule has 4 heteroatoms. The van der Waals surface area contributed by atoms with Crippen LogP contribution in [-0.4, -0.2) is 22.6 Å². The average molecular weight is 221 g/mol. The van der Waals surface area contributed by atoms with Crippen molar-refractivity contribution in [3.05, 3.63) is 12.3 Å². The van der Waals surface area contributed by atoms with Gasteiger partial charge in [0.25, 0.3) is 0 Å². The van der Waals surface area contributed by atoms with Crippen molar-refractivity contribution in [1.82, 2.24) is 9.97 Å². The Morgan fingerprint density at radius 2 is 2.38 bits per heavy atom. The van der Waals surface area contributed by atoms with Crippen molar-refractivity contribution in [3.63, 3.8) is 0 Å². The van der Waals surface area contributed by atoms with Crippen molar-refractivity contribution < 1.29 is 4.74 Å². The number of hydrogen-bond acceptors (Lipinski definition) is 4. The van der Waals surface area contributed by atoms with E-state index in [2.05, 4.69) is 22.2 Å². The van der Waals surface area contributed by atoms with Gasteiger partial charge in [-0.1, -0.05) is 6.42 Å². The number of hydrogen-bond donors (Lipinski definition) is 1. The van der Waals surface area contributed by atoms with E-state index in [9.17, 15) is 0 Å². The first kappa shape index (κ1) is 11.2. The molecule has 1 atom stereocenters. The molecule has 1 N–H and O–H groups in total. The lowest BCUT2D eigenvalue weighted by atomic mass is 9.80. The number of ether oxygens (including phenoxy) is 1. The van der Waals surface area contributed by atoms with Crippen LogP contribution in [0.15, 0.2) is 12.3 Å². The first-order valence-corrected chi connectivity index (χ1v) is 6.02. The highest BCUT2D eigenvalue weighted by Crippen LogP contribution is 2.30. The summed E-state index contributed by atoms with van der Waals surface area (Å²) in [6.07, 6.45) is 5.73. The topological polar surface area (TPSA) is 47.0 Å². The maximum absolute atomic E-state index is 5.34. The average Bonchev–Trinajstić information content (AvgIpc) is 2.15. The lowest BCUT2D eigenvalue weighted by Crippen LogP contribution is -2.31. The van der Waals surface area contributed by atoms with Crippen LogP contribution in [0.1, 0.15) is 33.1 Å². The molecule has 1 saturated carbocycles. The van der Waals surface area contributed by atoms with Gasteiger partial charge in [-0.2, -0.15) is 4.98 Å². The van der Waals surface area contributed by atoms with Gasteiger partial charge in [0.2, 0.25) is 11.8 Å². The van der Waals surface area contributed by atoms with E-state index in [0.717, 1.165) is 5.92 Å². The normalized spacial score (nSPS) is 17.6. The summed E-state index contributed by atoms with van der Waals surface area (Å²) in [5.74, 6) is 2.09. The molecule has 4 nitrogen and oxygen atoms in total. The Hall–Kier alpha value is -1.32. The van der Waals surface area contributed by atoms with Gasteiger partial charge in [-0.05, 0) is 32.6 Å². The van der Waals surface area contributed by atoms with Gasteiger partial charge < -0.3 is 10.1 Å². The Labute approximate surface area is 96.4 Å². The molecule has 1 fully saturated rings. The molecular formula is C12H19N3O. The predicted molar refractivity (Wildman–Crippen MR) is 63.6 cm³/mol. The van der Waals surface area contributed by atoms with Gasteiger partial charge in [0.15, 0.2) is 0 Å². The molecule has 0 radical (unpaired) electrons. The first-order valence-electron chi connectivity index (χ1n) is 6.02. The van der Waals surface area contributed by atoms with Crippen molar-refractivity contribution in [2.24, 2.45) is 5.92 Å². The van der Waals surface area contributed by atoms with E-state index in [0.29, 0.717) is 24.5 Å². The zero-order valence-corrected chi connectivity index (χ0v) is 9.94. The molecule has 1 aromatic rings. The molecule has 0 spiro atoms. The van der Waals surface area contributed by atoms with Crippen molar-refractivity contribution >= 4 is 5.95 Å². The number of rotatable bonds is 5. The third-order valence-corrected chi connectivity index (χ3v) is 3.14. The van der Waals surface area contributed by atoms with Crippen LogP contribution in [0, 0.1) is 5.92 Å². The molecule has 2 rings (SSSR count). The van der Waals surface area contributed by atoms with Gasteiger partial charge >= 0.3 is 0 Å². The molecule has 0 amide bonds. The highest BCUT2D eigenvalue weighted by molar-refractivity contribution is 5.29. The fourth-order valence-electron chi connectivity index (χ4n) is 1.90. The summed E-state index contributed by atoms with van der Waals surface area (Å²) in [6, 6.07) is 2.23. The number of aromatic nitrogens is 2. The van der Waals surface area contributed by atoms with Crippen LogP contribution in [0.5, 0.6) is 5.88 Å². The summed E-state index contributed by atoms with van der Waals surface area (Å²) in [5.41, 5.74) is 0. The van der Waals surface area contributed by atoms with Crippen molar-refractivity contribution in [2.45, 2.75) is 39.2 Å². The minimum Gasteiger partial charge on any atom is -0.478 e. The molecule has 0 saturated heterocycles. The van der Waals surface area contributed by atoms with Gasteiger partial charge in [0.1, 0.15) is 0 Å². The summed E-state index contributed by atoms with van der Waals surface area (Å²) in [5, 5.41) is 3.34. The summed E-state index contributed by atoms with van der Waals surface area (Å²) in [7, 11) is 0. The van der Waals surface area contributed by atoms with E-state index in [1.165, 1.54) is 19.3 Å². The summed E-state index contributed by atoms with van der Waals surface area (Å²) < 4.78 is 5.34. The van der Waals surface area contributed by atoms with Crippen LogP contribution in [0.3, 0.4) is 0 Å². The number of nitrogens with zero attached hydrogens (tertiary/aromatic N) is 2. The molecule has 1 unspecified atom stereocenters. The fraction of sp³-hybridized carbons (Fsp3) is 0.667. The minimum absolute atomic E-state index is 0.450. The van der Waals surface area contributed by atoms with Crippen LogP contribution < -0.4 is 10.1 Å². The second kappa shape index (κ2) is 5.14. The largest absolute Gasteiger partial charge is 0.478 e. The zero-order valence-electron chi connectivity index (χ0n) is 9.94. The van der Waals surface area contributed by atoms with Crippen molar-refractivity contribution in [1.29, 1.82) is 0 Å². The Morgan fingerprint density at radius 1 is 1.56 bits per heavy atom. The Balaban J connectivity index is 1.94.